The van der Waals surface area contributed by atoms with Crippen molar-refractivity contribution in [1.29, 1.82) is 0 Å². The van der Waals surface area contributed by atoms with E-state index in [0.29, 0.717) is 33.9 Å². The zero-order valence-electron chi connectivity index (χ0n) is 12.9. The van der Waals surface area contributed by atoms with Crippen LogP contribution >= 0.6 is 34.8 Å². The Balaban J connectivity index is 0.00000288. The first kappa shape index (κ1) is 21.1. The summed E-state index contributed by atoms with van der Waals surface area (Å²) in [7, 11) is 0. The Hall–Kier alpha value is -0.911. The van der Waals surface area contributed by atoms with E-state index in [1.165, 1.54) is 10.9 Å². The maximum absolute atomic E-state index is 12.3. The van der Waals surface area contributed by atoms with Crippen molar-refractivity contribution < 1.29 is 26.6 Å². The second-order valence-corrected chi connectivity index (χ2v) is 6.04. The van der Waals surface area contributed by atoms with Gasteiger partial charge in [0.1, 0.15) is 12.9 Å². The van der Waals surface area contributed by atoms with Crippen LogP contribution in [0.15, 0.2) is 30.9 Å². The number of hydrogen-bond donors (Lipinski definition) is 0. The standard InChI is InChI=1S/C15H16Cl3N3O2.Mn/c1-2-4-20(15(22)21-5-3-19-10-21)6-7-23-14-12(17)8-11(16)9-13(14)18;/h3,5,8-10H,2,4,6-7H2,1H3;. The zero-order valence-corrected chi connectivity index (χ0v) is 16.3. The molecule has 0 atom stereocenters. The number of carbonyl (C=O) groups is 1. The Labute approximate surface area is 166 Å². The molecule has 1 radical (unpaired) electrons. The third-order valence-corrected chi connectivity index (χ3v) is 3.84. The number of aromatic nitrogens is 2. The molecule has 2 rings (SSSR count). The molecule has 5 nitrogen and oxygen atoms in total. The third kappa shape index (κ3) is 5.57. The van der Waals surface area contributed by atoms with E-state index < -0.39 is 0 Å². The summed E-state index contributed by atoms with van der Waals surface area (Å²) in [6, 6.07) is 2.97. The summed E-state index contributed by atoms with van der Waals surface area (Å²) in [5.74, 6) is 0.365. The number of benzene rings is 1. The van der Waals surface area contributed by atoms with Crippen molar-refractivity contribution in [1.82, 2.24) is 14.5 Å². The fourth-order valence-electron chi connectivity index (χ4n) is 2.03. The van der Waals surface area contributed by atoms with E-state index in [9.17, 15) is 4.79 Å². The summed E-state index contributed by atoms with van der Waals surface area (Å²) < 4.78 is 7.05. The van der Waals surface area contributed by atoms with Crippen molar-refractivity contribution in [2.24, 2.45) is 0 Å². The normalized spacial score (nSPS) is 10.2. The first-order chi connectivity index (χ1) is 11.0. The van der Waals surface area contributed by atoms with E-state index in [0.717, 1.165) is 6.42 Å². The molecule has 1 amide bonds. The van der Waals surface area contributed by atoms with Crippen LogP contribution in [-0.2, 0) is 17.1 Å². The van der Waals surface area contributed by atoms with E-state index in [4.69, 9.17) is 39.5 Å². The van der Waals surface area contributed by atoms with Crippen LogP contribution in [0, 0.1) is 0 Å². The molecule has 1 aromatic carbocycles. The van der Waals surface area contributed by atoms with Crippen LogP contribution in [0.3, 0.4) is 0 Å². The van der Waals surface area contributed by atoms with Crippen LogP contribution < -0.4 is 4.74 Å². The number of ether oxygens (including phenoxy) is 1. The molecule has 9 heteroatoms. The molecule has 0 aliphatic rings. The van der Waals surface area contributed by atoms with Crippen molar-refractivity contribution in [3.05, 3.63) is 45.9 Å². The average molecular weight is 432 g/mol. The van der Waals surface area contributed by atoms with Gasteiger partial charge in [-0.15, -0.1) is 0 Å². The van der Waals surface area contributed by atoms with Gasteiger partial charge in [0.25, 0.3) is 0 Å². The summed E-state index contributed by atoms with van der Waals surface area (Å²) in [5, 5.41) is 1.12. The first-order valence-corrected chi connectivity index (χ1v) is 8.21. The molecule has 0 saturated carbocycles. The topological polar surface area (TPSA) is 47.4 Å². The van der Waals surface area contributed by atoms with Crippen LogP contribution in [0.4, 0.5) is 4.79 Å². The van der Waals surface area contributed by atoms with E-state index in [1.54, 1.807) is 29.4 Å². The summed E-state index contributed by atoms with van der Waals surface area (Å²) in [4.78, 5) is 17.9. The van der Waals surface area contributed by atoms with Crippen molar-refractivity contribution in [2.45, 2.75) is 13.3 Å². The van der Waals surface area contributed by atoms with E-state index in [1.807, 2.05) is 6.92 Å². The average Bonchev–Trinajstić information content (AvgIpc) is 3.02. The van der Waals surface area contributed by atoms with Gasteiger partial charge in [0, 0.05) is 41.0 Å². The molecule has 2 aromatic rings. The van der Waals surface area contributed by atoms with E-state index in [-0.39, 0.29) is 29.7 Å². The van der Waals surface area contributed by atoms with Gasteiger partial charge in [-0.25, -0.2) is 9.78 Å². The van der Waals surface area contributed by atoms with Gasteiger partial charge in [0.2, 0.25) is 0 Å². The minimum Gasteiger partial charge on any atom is -0.489 e. The molecule has 0 N–H and O–H groups in total. The van der Waals surface area contributed by atoms with Crippen molar-refractivity contribution in [3.63, 3.8) is 0 Å². The van der Waals surface area contributed by atoms with Crippen molar-refractivity contribution in [3.8, 4) is 5.75 Å². The second kappa shape index (κ2) is 10.2. The van der Waals surface area contributed by atoms with Crippen molar-refractivity contribution in [2.75, 3.05) is 19.7 Å². The number of halogens is 3. The van der Waals surface area contributed by atoms with Gasteiger partial charge in [0.05, 0.1) is 16.6 Å². The van der Waals surface area contributed by atoms with Crippen LogP contribution in [0.1, 0.15) is 13.3 Å². The predicted molar refractivity (Wildman–Crippen MR) is 91.9 cm³/mol. The second-order valence-electron chi connectivity index (χ2n) is 4.79. The molecule has 131 valence electrons. The minimum atomic E-state index is -0.152. The molecule has 0 unspecified atom stereocenters. The smallest absolute Gasteiger partial charge is 0.329 e. The molecule has 0 saturated heterocycles. The molecule has 1 aromatic heterocycles. The summed E-state index contributed by atoms with van der Waals surface area (Å²) >= 11 is 18.0. The van der Waals surface area contributed by atoms with Crippen LogP contribution in [0.2, 0.25) is 15.1 Å². The van der Waals surface area contributed by atoms with Crippen molar-refractivity contribution >= 4 is 40.8 Å². The quantitative estimate of drug-likeness (QED) is 0.628. The number of carbonyl (C=O) groups excluding carboxylic acids is 1. The SMILES string of the molecule is CCCN(CCOc1c(Cl)cc(Cl)cc1Cl)C(=O)n1ccnc1.[Mn]. The molecule has 0 fully saturated rings. The van der Waals surface area contributed by atoms with Gasteiger partial charge < -0.3 is 9.64 Å². The van der Waals surface area contributed by atoms with E-state index >= 15 is 0 Å². The van der Waals surface area contributed by atoms with Gasteiger partial charge in [-0.3, -0.25) is 4.57 Å². The predicted octanol–water partition coefficient (Wildman–Crippen LogP) is 4.60. The molecule has 24 heavy (non-hydrogen) atoms. The number of rotatable bonds is 6. The van der Waals surface area contributed by atoms with Gasteiger partial charge >= 0.3 is 6.03 Å². The Morgan fingerprint density at radius 3 is 2.46 bits per heavy atom. The molecule has 0 spiro atoms. The molecular weight excluding hydrogens is 415 g/mol. The van der Waals surface area contributed by atoms with Gasteiger partial charge in [-0.05, 0) is 18.6 Å². The molecular formula is C15H16Cl3MnN3O2. The maximum atomic E-state index is 12.3. The Bertz CT molecular complexity index is 645. The summed E-state index contributed by atoms with van der Waals surface area (Å²) in [6.07, 6.45) is 5.48. The van der Waals surface area contributed by atoms with E-state index in [2.05, 4.69) is 4.98 Å². The third-order valence-electron chi connectivity index (χ3n) is 3.06. The molecule has 0 aliphatic heterocycles. The molecule has 0 bridgehead atoms. The number of nitrogens with zero attached hydrogens (tertiary/aromatic N) is 3. The van der Waals surface area contributed by atoms with Gasteiger partial charge in [0.15, 0.2) is 5.75 Å². The van der Waals surface area contributed by atoms with Crippen LogP contribution in [0.25, 0.3) is 0 Å². The Kier molecular flexibility index (Phi) is 8.95. The van der Waals surface area contributed by atoms with Gasteiger partial charge in [-0.2, -0.15) is 0 Å². The Morgan fingerprint density at radius 2 is 1.92 bits per heavy atom. The van der Waals surface area contributed by atoms with Crippen LogP contribution in [-0.4, -0.2) is 40.2 Å². The van der Waals surface area contributed by atoms with Crippen LogP contribution in [0.5, 0.6) is 5.75 Å². The molecule has 1 heterocycles. The fraction of sp³-hybridized carbons (Fsp3) is 0.333. The monoisotopic (exact) mass is 430 g/mol. The minimum absolute atomic E-state index is 0. The molecule has 0 aliphatic carbocycles. The summed E-state index contributed by atoms with van der Waals surface area (Å²) in [6.45, 7) is 3.28. The fourth-order valence-corrected chi connectivity index (χ4v) is 2.96. The first-order valence-electron chi connectivity index (χ1n) is 7.07. The number of amides is 1. The van der Waals surface area contributed by atoms with Gasteiger partial charge in [-0.1, -0.05) is 41.7 Å². The zero-order chi connectivity index (χ0) is 16.8. The Morgan fingerprint density at radius 1 is 1.25 bits per heavy atom. The largest absolute Gasteiger partial charge is 0.489 e. The number of hydrogen-bond acceptors (Lipinski definition) is 3. The number of imidazole rings is 1. The summed E-state index contributed by atoms with van der Waals surface area (Å²) in [5.41, 5.74) is 0. The maximum Gasteiger partial charge on any atom is 0.329 e.